The van der Waals surface area contributed by atoms with E-state index in [-0.39, 0.29) is 5.60 Å². The summed E-state index contributed by atoms with van der Waals surface area (Å²) < 4.78 is 5.82. The molecular formula is C19H24ClNO. The zero-order chi connectivity index (χ0) is 16.0. The summed E-state index contributed by atoms with van der Waals surface area (Å²) in [5.74, 6) is 0.914. The predicted molar refractivity (Wildman–Crippen MR) is 93.7 cm³/mol. The fourth-order valence-corrected chi connectivity index (χ4v) is 2.27. The predicted octanol–water partition coefficient (Wildman–Crippen LogP) is 4.85. The van der Waals surface area contributed by atoms with Crippen LogP contribution in [0.25, 0.3) is 0 Å². The van der Waals surface area contributed by atoms with Gasteiger partial charge in [-0.3, -0.25) is 0 Å². The maximum Gasteiger partial charge on any atom is 0.120 e. The van der Waals surface area contributed by atoms with Gasteiger partial charge >= 0.3 is 0 Å². The van der Waals surface area contributed by atoms with Crippen LogP contribution in [0.1, 0.15) is 31.9 Å². The molecule has 0 spiro atoms. The minimum atomic E-state index is -0.154. The van der Waals surface area contributed by atoms with Crippen LogP contribution < -0.4 is 10.1 Å². The Morgan fingerprint density at radius 3 is 2.09 bits per heavy atom. The summed E-state index contributed by atoms with van der Waals surface area (Å²) in [6.07, 6.45) is 1.00. The number of hydrogen-bond donors (Lipinski definition) is 1. The third kappa shape index (κ3) is 6.08. The molecule has 0 radical (unpaired) electrons. The van der Waals surface area contributed by atoms with Crippen LogP contribution in [0.3, 0.4) is 0 Å². The smallest absolute Gasteiger partial charge is 0.120 e. The van der Waals surface area contributed by atoms with Crippen LogP contribution in [0.2, 0.25) is 5.02 Å². The van der Waals surface area contributed by atoms with E-state index in [1.54, 1.807) is 0 Å². The van der Waals surface area contributed by atoms with Crippen LogP contribution in [0.4, 0.5) is 0 Å². The van der Waals surface area contributed by atoms with Gasteiger partial charge in [-0.25, -0.2) is 0 Å². The van der Waals surface area contributed by atoms with Crippen molar-refractivity contribution in [2.45, 2.75) is 39.3 Å². The largest absolute Gasteiger partial charge is 0.488 e. The minimum absolute atomic E-state index is 0.154. The Bertz CT molecular complexity index is 570. The molecule has 0 amide bonds. The van der Waals surface area contributed by atoms with Crippen LogP contribution in [-0.4, -0.2) is 12.1 Å². The van der Waals surface area contributed by atoms with E-state index in [2.05, 4.69) is 50.4 Å². The van der Waals surface area contributed by atoms with Crippen LogP contribution in [0.5, 0.6) is 5.75 Å². The highest BCUT2D eigenvalue weighted by Gasteiger charge is 2.11. The Labute approximate surface area is 138 Å². The van der Waals surface area contributed by atoms with Crippen molar-refractivity contribution >= 4 is 11.6 Å². The normalized spacial score (nSPS) is 11.5. The summed E-state index contributed by atoms with van der Waals surface area (Å²) in [5, 5.41) is 4.25. The van der Waals surface area contributed by atoms with E-state index >= 15 is 0 Å². The molecule has 0 aliphatic heterocycles. The lowest BCUT2D eigenvalue weighted by Gasteiger charge is -2.21. The number of rotatable bonds is 6. The molecule has 0 saturated heterocycles. The van der Waals surface area contributed by atoms with Crippen molar-refractivity contribution in [1.29, 1.82) is 0 Å². The number of nitrogens with one attached hydrogen (secondary N) is 1. The lowest BCUT2D eigenvalue weighted by atomic mass is 10.1. The van der Waals surface area contributed by atoms with E-state index < -0.39 is 0 Å². The Morgan fingerprint density at radius 1 is 0.909 bits per heavy atom. The molecule has 2 nitrogen and oxygen atoms in total. The Kier molecular flexibility index (Phi) is 5.87. The van der Waals surface area contributed by atoms with Gasteiger partial charge in [-0.05, 0) is 69.1 Å². The SMILES string of the molecule is CC(C)(C)Oc1ccc(CNCCc2ccc(Cl)cc2)cc1. The zero-order valence-corrected chi connectivity index (χ0v) is 14.3. The van der Waals surface area contributed by atoms with Gasteiger partial charge in [0.15, 0.2) is 0 Å². The van der Waals surface area contributed by atoms with E-state index in [0.29, 0.717) is 0 Å². The summed E-state index contributed by atoms with van der Waals surface area (Å²) in [6.45, 7) is 7.98. The maximum absolute atomic E-state index is 5.88. The molecule has 118 valence electrons. The maximum atomic E-state index is 5.88. The van der Waals surface area contributed by atoms with Crippen molar-refractivity contribution in [2.75, 3.05) is 6.54 Å². The minimum Gasteiger partial charge on any atom is -0.488 e. The van der Waals surface area contributed by atoms with Crippen LogP contribution in [0.15, 0.2) is 48.5 Å². The summed E-state index contributed by atoms with van der Waals surface area (Å²) in [5.41, 5.74) is 2.40. The highest BCUT2D eigenvalue weighted by atomic mass is 35.5. The quantitative estimate of drug-likeness (QED) is 0.769. The molecule has 22 heavy (non-hydrogen) atoms. The summed E-state index contributed by atoms with van der Waals surface area (Å²) in [4.78, 5) is 0. The first kappa shape index (κ1) is 16.9. The van der Waals surface area contributed by atoms with E-state index in [4.69, 9.17) is 16.3 Å². The molecule has 0 bridgehead atoms. The van der Waals surface area contributed by atoms with Gasteiger partial charge in [-0.15, -0.1) is 0 Å². The second-order valence-corrected chi connectivity index (χ2v) is 6.85. The molecule has 2 aromatic carbocycles. The third-order valence-electron chi connectivity index (χ3n) is 3.18. The van der Waals surface area contributed by atoms with Gasteiger partial charge < -0.3 is 10.1 Å². The highest BCUT2D eigenvalue weighted by Crippen LogP contribution is 2.18. The molecule has 0 unspecified atom stereocenters. The van der Waals surface area contributed by atoms with Crippen LogP contribution >= 0.6 is 11.6 Å². The summed E-state index contributed by atoms with van der Waals surface area (Å²) in [6, 6.07) is 16.3. The van der Waals surface area contributed by atoms with Crippen molar-refractivity contribution in [3.63, 3.8) is 0 Å². The fraction of sp³-hybridized carbons (Fsp3) is 0.368. The number of benzene rings is 2. The van der Waals surface area contributed by atoms with Crippen molar-refractivity contribution in [3.8, 4) is 5.75 Å². The van der Waals surface area contributed by atoms with Gasteiger partial charge in [-0.1, -0.05) is 35.9 Å². The number of hydrogen-bond acceptors (Lipinski definition) is 2. The first-order valence-corrected chi connectivity index (χ1v) is 8.03. The Hall–Kier alpha value is -1.51. The van der Waals surface area contributed by atoms with Crippen LogP contribution in [-0.2, 0) is 13.0 Å². The molecule has 2 rings (SSSR count). The molecule has 3 heteroatoms. The first-order valence-electron chi connectivity index (χ1n) is 7.65. The zero-order valence-electron chi connectivity index (χ0n) is 13.5. The molecular weight excluding hydrogens is 294 g/mol. The first-order chi connectivity index (χ1) is 10.4. The molecule has 0 atom stereocenters. The Morgan fingerprint density at radius 2 is 1.50 bits per heavy atom. The van der Waals surface area contributed by atoms with Gasteiger partial charge in [0, 0.05) is 11.6 Å². The molecule has 0 aromatic heterocycles. The van der Waals surface area contributed by atoms with Crippen molar-refractivity contribution in [2.24, 2.45) is 0 Å². The third-order valence-corrected chi connectivity index (χ3v) is 3.43. The molecule has 0 fully saturated rings. The molecule has 0 aliphatic carbocycles. The van der Waals surface area contributed by atoms with Crippen molar-refractivity contribution in [1.82, 2.24) is 5.32 Å². The number of ether oxygens (including phenoxy) is 1. The second kappa shape index (κ2) is 7.66. The molecule has 2 aromatic rings. The van der Waals surface area contributed by atoms with Gasteiger partial charge in [0.25, 0.3) is 0 Å². The van der Waals surface area contributed by atoms with Crippen molar-refractivity contribution < 1.29 is 4.74 Å². The van der Waals surface area contributed by atoms with E-state index in [1.165, 1.54) is 11.1 Å². The van der Waals surface area contributed by atoms with Gasteiger partial charge in [0.05, 0.1) is 0 Å². The van der Waals surface area contributed by atoms with Crippen LogP contribution in [0, 0.1) is 0 Å². The standard InChI is InChI=1S/C19H24ClNO/c1-19(2,3)22-18-10-6-16(7-11-18)14-21-13-12-15-4-8-17(20)9-5-15/h4-11,21H,12-14H2,1-3H3. The lowest BCUT2D eigenvalue weighted by Crippen LogP contribution is -2.23. The summed E-state index contributed by atoms with van der Waals surface area (Å²) >= 11 is 5.88. The van der Waals surface area contributed by atoms with Gasteiger partial charge in [0.1, 0.15) is 11.4 Å². The molecule has 1 N–H and O–H groups in total. The van der Waals surface area contributed by atoms with Crippen molar-refractivity contribution in [3.05, 3.63) is 64.7 Å². The summed E-state index contributed by atoms with van der Waals surface area (Å²) in [7, 11) is 0. The Balaban J connectivity index is 1.74. The fourth-order valence-electron chi connectivity index (χ4n) is 2.15. The van der Waals surface area contributed by atoms with E-state index in [1.807, 2.05) is 24.3 Å². The second-order valence-electron chi connectivity index (χ2n) is 6.41. The van der Waals surface area contributed by atoms with Gasteiger partial charge in [0.2, 0.25) is 0 Å². The topological polar surface area (TPSA) is 21.3 Å². The van der Waals surface area contributed by atoms with Gasteiger partial charge in [-0.2, -0.15) is 0 Å². The van der Waals surface area contributed by atoms with E-state index in [9.17, 15) is 0 Å². The van der Waals surface area contributed by atoms with E-state index in [0.717, 1.165) is 30.3 Å². The average molecular weight is 318 g/mol. The highest BCUT2D eigenvalue weighted by molar-refractivity contribution is 6.30. The molecule has 0 saturated carbocycles. The molecule has 0 heterocycles. The monoisotopic (exact) mass is 317 g/mol. The number of halogens is 1. The lowest BCUT2D eigenvalue weighted by molar-refractivity contribution is 0.131. The average Bonchev–Trinajstić information content (AvgIpc) is 2.45. The molecule has 0 aliphatic rings.